The van der Waals surface area contributed by atoms with Crippen LogP contribution in [0.2, 0.25) is 0 Å². The first-order valence-corrected chi connectivity index (χ1v) is 5.72. The number of hydrogen-bond donors (Lipinski definition) is 2. The lowest BCUT2D eigenvalue weighted by Crippen LogP contribution is -2.14. The van der Waals surface area contributed by atoms with Crippen LogP contribution in [0, 0.1) is 0 Å². The zero-order chi connectivity index (χ0) is 12.5. The van der Waals surface area contributed by atoms with Gasteiger partial charge in [0, 0.05) is 12.1 Å². The predicted octanol–water partition coefficient (Wildman–Crippen LogP) is 1.39. The molecule has 1 aliphatic heterocycles. The van der Waals surface area contributed by atoms with Crippen LogP contribution in [-0.2, 0) is 6.42 Å². The van der Waals surface area contributed by atoms with Crippen LogP contribution in [0.1, 0.15) is 17.2 Å². The number of nitrogens with two attached hydrogens (primary N) is 1. The Bertz CT molecular complexity index is 660. The minimum atomic E-state index is -0.274. The standard InChI is InChI=1S/C13H12N4O/c14-13-16-10-9(6-8-4-2-1-3-5-8)7-15-11(10)12(18)17-13/h1-5,7,9H,6H2,(H3,14,16,17,18). The van der Waals surface area contributed by atoms with Crippen LogP contribution in [0.15, 0.2) is 40.1 Å². The molecule has 5 nitrogen and oxygen atoms in total. The molecule has 2 aromatic rings. The van der Waals surface area contributed by atoms with Crippen molar-refractivity contribution in [2.45, 2.75) is 12.3 Å². The van der Waals surface area contributed by atoms with Gasteiger partial charge in [-0.1, -0.05) is 30.3 Å². The number of anilines is 1. The van der Waals surface area contributed by atoms with E-state index in [0.717, 1.165) is 6.42 Å². The number of aliphatic imine (C=N–C) groups is 1. The fourth-order valence-electron chi connectivity index (χ4n) is 2.14. The molecule has 0 aliphatic carbocycles. The first-order valence-electron chi connectivity index (χ1n) is 5.72. The van der Waals surface area contributed by atoms with Crippen LogP contribution in [-0.4, -0.2) is 16.2 Å². The number of rotatable bonds is 2. The van der Waals surface area contributed by atoms with E-state index >= 15 is 0 Å². The van der Waals surface area contributed by atoms with E-state index in [1.807, 2.05) is 30.3 Å². The first-order chi connectivity index (χ1) is 8.74. The molecule has 0 saturated heterocycles. The molecule has 3 rings (SSSR count). The van der Waals surface area contributed by atoms with Gasteiger partial charge in [0.25, 0.3) is 5.56 Å². The second-order valence-electron chi connectivity index (χ2n) is 4.26. The Morgan fingerprint density at radius 3 is 2.83 bits per heavy atom. The normalized spacial score (nSPS) is 16.8. The van der Waals surface area contributed by atoms with Gasteiger partial charge in [-0.05, 0) is 12.0 Å². The van der Waals surface area contributed by atoms with Gasteiger partial charge < -0.3 is 5.73 Å². The van der Waals surface area contributed by atoms with Crippen molar-refractivity contribution >= 4 is 17.9 Å². The summed E-state index contributed by atoms with van der Waals surface area (Å²) in [6, 6.07) is 10.0. The topological polar surface area (TPSA) is 84.1 Å². The molecule has 90 valence electrons. The summed E-state index contributed by atoms with van der Waals surface area (Å²) in [5.41, 5.74) is 7.52. The summed E-state index contributed by atoms with van der Waals surface area (Å²) >= 11 is 0. The Balaban J connectivity index is 1.96. The van der Waals surface area contributed by atoms with Crippen molar-refractivity contribution in [2.75, 3.05) is 5.73 Å². The summed E-state index contributed by atoms with van der Waals surface area (Å²) in [5.74, 6) is 0.161. The highest BCUT2D eigenvalue weighted by atomic mass is 16.1. The number of fused-ring (bicyclic) bond motifs is 1. The number of aromatic amines is 1. The maximum atomic E-state index is 11.6. The lowest BCUT2D eigenvalue weighted by Gasteiger charge is -2.08. The Labute approximate surface area is 103 Å². The minimum absolute atomic E-state index is 0.0204. The van der Waals surface area contributed by atoms with Gasteiger partial charge in [0.1, 0.15) is 5.69 Å². The molecule has 1 aromatic carbocycles. The molecule has 1 aromatic heterocycles. The highest BCUT2D eigenvalue weighted by Crippen LogP contribution is 2.29. The average Bonchev–Trinajstić information content (AvgIpc) is 2.74. The van der Waals surface area contributed by atoms with Crippen LogP contribution < -0.4 is 11.3 Å². The fourth-order valence-corrected chi connectivity index (χ4v) is 2.14. The smallest absolute Gasteiger partial charge is 0.278 e. The molecule has 1 aliphatic rings. The van der Waals surface area contributed by atoms with Crippen LogP contribution >= 0.6 is 0 Å². The average molecular weight is 240 g/mol. The number of nitrogens with one attached hydrogen (secondary N) is 1. The molecule has 0 saturated carbocycles. The van der Waals surface area contributed by atoms with Gasteiger partial charge in [-0.3, -0.25) is 14.8 Å². The third-order valence-electron chi connectivity index (χ3n) is 2.97. The Morgan fingerprint density at radius 1 is 1.28 bits per heavy atom. The van der Waals surface area contributed by atoms with Gasteiger partial charge in [0.15, 0.2) is 0 Å². The molecular formula is C13H12N4O. The highest BCUT2D eigenvalue weighted by molar-refractivity contribution is 5.79. The summed E-state index contributed by atoms with van der Waals surface area (Å²) < 4.78 is 0. The molecule has 5 heteroatoms. The zero-order valence-electron chi connectivity index (χ0n) is 9.63. The zero-order valence-corrected chi connectivity index (χ0v) is 9.63. The number of aromatic nitrogens is 2. The second kappa shape index (κ2) is 4.10. The van der Waals surface area contributed by atoms with E-state index in [9.17, 15) is 4.79 Å². The molecule has 2 heterocycles. The van der Waals surface area contributed by atoms with E-state index in [2.05, 4.69) is 15.0 Å². The van der Waals surface area contributed by atoms with Gasteiger partial charge in [-0.15, -0.1) is 0 Å². The van der Waals surface area contributed by atoms with Gasteiger partial charge in [-0.2, -0.15) is 0 Å². The van der Waals surface area contributed by atoms with Crippen molar-refractivity contribution in [1.29, 1.82) is 0 Å². The van der Waals surface area contributed by atoms with Gasteiger partial charge in [0.05, 0.1) is 5.69 Å². The fraction of sp³-hybridized carbons (Fsp3) is 0.154. The van der Waals surface area contributed by atoms with Crippen LogP contribution in [0.5, 0.6) is 0 Å². The van der Waals surface area contributed by atoms with Crippen molar-refractivity contribution < 1.29 is 0 Å². The molecule has 0 fully saturated rings. The number of nitrogen functional groups attached to an aromatic ring is 1. The summed E-state index contributed by atoms with van der Waals surface area (Å²) in [5, 5.41) is 0. The highest BCUT2D eigenvalue weighted by Gasteiger charge is 2.23. The SMILES string of the molecule is Nc1nc2c(c(=O)[nH]1)N=CC2Cc1ccccc1. The monoisotopic (exact) mass is 240 g/mol. The third-order valence-corrected chi connectivity index (χ3v) is 2.97. The molecule has 1 atom stereocenters. The Hall–Kier alpha value is -2.43. The number of hydrogen-bond acceptors (Lipinski definition) is 4. The molecular weight excluding hydrogens is 228 g/mol. The second-order valence-corrected chi connectivity index (χ2v) is 4.26. The molecule has 1 unspecified atom stereocenters. The summed E-state index contributed by atoms with van der Waals surface area (Å²) in [7, 11) is 0. The summed E-state index contributed by atoms with van der Waals surface area (Å²) in [4.78, 5) is 22.4. The summed E-state index contributed by atoms with van der Waals surface area (Å²) in [6.45, 7) is 0. The lowest BCUT2D eigenvalue weighted by atomic mass is 9.98. The van der Waals surface area contributed by atoms with Crippen molar-refractivity contribution in [1.82, 2.24) is 9.97 Å². The van der Waals surface area contributed by atoms with E-state index in [1.54, 1.807) is 6.21 Å². The largest absolute Gasteiger partial charge is 0.369 e. The quantitative estimate of drug-likeness (QED) is 0.832. The van der Waals surface area contributed by atoms with Crippen LogP contribution in [0.3, 0.4) is 0 Å². The van der Waals surface area contributed by atoms with E-state index in [1.165, 1.54) is 5.56 Å². The van der Waals surface area contributed by atoms with E-state index in [4.69, 9.17) is 5.73 Å². The van der Waals surface area contributed by atoms with E-state index in [0.29, 0.717) is 11.4 Å². The number of nitrogens with zero attached hydrogens (tertiary/aromatic N) is 2. The molecule has 0 spiro atoms. The van der Waals surface area contributed by atoms with Crippen molar-refractivity contribution in [2.24, 2.45) is 4.99 Å². The summed E-state index contributed by atoms with van der Waals surface area (Å²) in [6.07, 6.45) is 2.53. The third kappa shape index (κ3) is 1.79. The van der Waals surface area contributed by atoms with Crippen LogP contribution in [0.4, 0.5) is 11.6 Å². The number of H-pyrrole nitrogens is 1. The Morgan fingerprint density at radius 2 is 2.06 bits per heavy atom. The molecule has 3 N–H and O–H groups in total. The van der Waals surface area contributed by atoms with Gasteiger partial charge in [0.2, 0.25) is 5.95 Å². The van der Waals surface area contributed by atoms with E-state index in [-0.39, 0.29) is 17.4 Å². The Kier molecular flexibility index (Phi) is 2.44. The lowest BCUT2D eigenvalue weighted by molar-refractivity contribution is 0.864. The van der Waals surface area contributed by atoms with Crippen LogP contribution in [0.25, 0.3) is 0 Å². The predicted molar refractivity (Wildman–Crippen MR) is 70.3 cm³/mol. The van der Waals surface area contributed by atoms with Crippen molar-refractivity contribution in [3.63, 3.8) is 0 Å². The van der Waals surface area contributed by atoms with Gasteiger partial charge in [-0.25, -0.2) is 4.98 Å². The molecule has 18 heavy (non-hydrogen) atoms. The molecule has 0 bridgehead atoms. The van der Waals surface area contributed by atoms with Gasteiger partial charge >= 0.3 is 0 Å². The molecule has 0 amide bonds. The first kappa shape index (κ1) is 10.7. The number of benzene rings is 1. The maximum absolute atomic E-state index is 11.6. The minimum Gasteiger partial charge on any atom is -0.369 e. The molecule has 0 radical (unpaired) electrons. The van der Waals surface area contributed by atoms with E-state index < -0.39 is 0 Å². The van der Waals surface area contributed by atoms with Crippen molar-refractivity contribution in [3.8, 4) is 0 Å². The van der Waals surface area contributed by atoms with Crippen molar-refractivity contribution in [3.05, 3.63) is 51.9 Å². The maximum Gasteiger partial charge on any atom is 0.278 e.